The first-order chi connectivity index (χ1) is 13.4. The topological polar surface area (TPSA) is 76.7 Å². The molecule has 28 heavy (non-hydrogen) atoms. The number of amides is 2. The average molecular weight is 386 g/mol. The van der Waals surface area contributed by atoms with Gasteiger partial charge in [0.25, 0.3) is 0 Å². The summed E-state index contributed by atoms with van der Waals surface area (Å²) < 4.78 is 11.6. The second kappa shape index (κ2) is 8.67. The van der Waals surface area contributed by atoms with Gasteiger partial charge in [-0.2, -0.15) is 0 Å². The molecule has 1 aliphatic heterocycles. The van der Waals surface area contributed by atoms with Crippen LogP contribution < -0.4 is 15.4 Å². The Kier molecular flexibility index (Phi) is 6.27. The molecule has 1 fully saturated rings. The van der Waals surface area contributed by atoms with E-state index in [1.807, 2.05) is 31.2 Å². The zero-order valence-electron chi connectivity index (χ0n) is 17.1. The third-order valence-electron chi connectivity index (χ3n) is 5.84. The molecular weight excluding hydrogens is 356 g/mol. The summed E-state index contributed by atoms with van der Waals surface area (Å²) in [4.78, 5) is 25.2. The van der Waals surface area contributed by atoms with Crippen LogP contribution in [0.5, 0.6) is 5.75 Å². The van der Waals surface area contributed by atoms with Crippen molar-refractivity contribution in [2.45, 2.75) is 59.1 Å². The summed E-state index contributed by atoms with van der Waals surface area (Å²) in [5.41, 5.74) is 1.69. The minimum atomic E-state index is -0.607. The Hall–Kier alpha value is -2.50. The predicted molar refractivity (Wildman–Crippen MR) is 107 cm³/mol. The van der Waals surface area contributed by atoms with E-state index in [1.165, 1.54) is 0 Å². The number of benzene rings is 1. The number of nitrogens with one attached hydrogen (secondary N) is 2. The highest BCUT2D eigenvalue weighted by Gasteiger charge is 2.36. The molecule has 0 radical (unpaired) electrons. The van der Waals surface area contributed by atoms with Crippen LogP contribution in [0.25, 0.3) is 0 Å². The number of rotatable bonds is 5. The van der Waals surface area contributed by atoms with Crippen molar-refractivity contribution in [3.05, 3.63) is 41.1 Å². The summed E-state index contributed by atoms with van der Waals surface area (Å²) in [6.07, 6.45) is 2.73. The Balaban J connectivity index is 1.87. The molecule has 6 nitrogen and oxygen atoms in total. The van der Waals surface area contributed by atoms with Gasteiger partial charge in [0.1, 0.15) is 11.9 Å². The zero-order chi connectivity index (χ0) is 20.3. The highest BCUT2D eigenvalue weighted by Crippen LogP contribution is 2.35. The molecule has 4 atom stereocenters. The number of para-hydroxylation sites is 1. The van der Waals surface area contributed by atoms with E-state index in [4.69, 9.17) is 9.47 Å². The largest absolute Gasteiger partial charge is 0.494 e. The number of urea groups is 1. The van der Waals surface area contributed by atoms with Gasteiger partial charge in [-0.25, -0.2) is 9.59 Å². The van der Waals surface area contributed by atoms with Crippen LogP contribution in [0.4, 0.5) is 4.79 Å². The minimum absolute atomic E-state index is 0.0839. The molecule has 1 aromatic carbocycles. The summed E-state index contributed by atoms with van der Waals surface area (Å²) in [6, 6.07) is 6.50. The van der Waals surface area contributed by atoms with Crippen LogP contribution >= 0.6 is 0 Å². The number of hydrogen-bond donors (Lipinski definition) is 2. The van der Waals surface area contributed by atoms with Gasteiger partial charge in [0.05, 0.1) is 18.2 Å². The van der Waals surface area contributed by atoms with Crippen molar-refractivity contribution in [2.24, 2.45) is 11.8 Å². The fraction of sp³-hybridized carbons (Fsp3) is 0.545. The van der Waals surface area contributed by atoms with Crippen molar-refractivity contribution in [3.63, 3.8) is 0 Å². The third-order valence-corrected chi connectivity index (χ3v) is 5.84. The van der Waals surface area contributed by atoms with Crippen LogP contribution in [0.15, 0.2) is 35.5 Å². The second-order valence-corrected chi connectivity index (χ2v) is 7.84. The lowest BCUT2D eigenvalue weighted by molar-refractivity contribution is -0.147. The molecule has 6 heteroatoms. The second-order valence-electron chi connectivity index (χ2n) is 7.84. The maximum absolute atomic E-state index is 13.1. The maximum Gasteiger partial charge on any atom is 0.338 e. The van der Waals surface area contributed by atoms with E-state index < -0.39 is 6.04 Å². The molecular formula is C22H30N2O4. The van der Waals surface area contributed by atoms with Crippen LogP contribution in [0.2, 0.25) is 0 Å². The SMILES string of the molecule is CCOc1ccccc1[C@@H]1NC(=O)NC(C)=C1C(=O)O[C@@H]1CC[C@H](C)[C@H](C)C1. The highest BCUT2D eigenvalue weighted by atomic mass is 16.5. The molecule has 0 saturated heterocycles. The van der Waals surface area contributed by atoms with E-state index in [2.05, 4.69) is 24.5 Å². The molecule has 0 bridgehead atoms. The van der Waals surface area contributed by atoms with Crippen molar-refractivity contribution < 1.29 is 19.1 Å². The number of hydrogen-bond acceptors (Lipinski definition) is 4. The predicted octanol–water partition coefficient (Wildman–Crippen LogP) is 4.08. The van der Waals surface area contributed by atoms with Gasteiger partial charge in [-0.1, -0.05) is 32.0 Å². The number of ether oxygens (including phenoxy) is 2. The standard InChI is InChI=1S/C22H30N2O4/c1-5-27-18-9-7-6-8-17(18)20-19(15(4)23-22(26)24-20)21(25)28-16-11-10-13(2)14(3)12-16/h6-9,13-14,16,20H,5,10-12H2,1-4H3,(H2,23,24,26)/t13-,14+,16+,20-/m0/s1. The van der Waals surface area contributed by atoms with E-state index in [9.17, 15) is 9.59 Å². The highest BCUT2D eigenvalue weighted by molar-refractivity contribution is 5.95. The molecule has 0 spiro atoms. The molecule has 1 saturated carbocycles. The van der Waals surface area contributed by atoms with Gasteiger partial charge >= 0.3 is 12.0 Å². The van der Waals surface area contributed by atoms with Crippen molar-refractivity contribution in [3.8, 4) is 5.75 Å². The monoisotopic (exact) mass is 386 g/mol. The van der Waals surface area contributed by atoms with Crippen LogP contribution in [-0.4, -0.2) is 24.7 Å². The Labute approximate surface area is 166 Å². The summed E-state index contributed by atoms with van der Waals surface area (Å²) in [6.45, 7) is 8.59. The van der Waals surface area contributed by atoms with Gasteiger partial charge in [-0.05, 0) is 51.0 Å². The fourth-order valence-electron chi connectivity index (χ4n) is 4.02. The lowest BCUT2D eigenvalue weighted by Gasteiger charge is -2.34. The molecule has 1 aromatic rings. The number of allylic oxidation sites excluding steroid dienone is 1. The van der Waals surface area contributed by atoms with E-state index in [1.54, 1.807) is 6.92 Å². The molecule has 152 valence electrons. The van der Waals surface area contributed by atoms with Gasteiger partial charge in [-0.15, -0.1) is 0 Å². The number of carbonyl (C=O) groups excluding carboxylic acids is 2. The minimum Gasteiger partial charge on any atom is -0.494 e. The molecule has 2 aliphatic rings. The lowest BCUT2D eigenvalue weighted by Crippen LogP contribution is -2.46. The van der Waals surface area contributed by atoms with E-state index in [0.717, 1.165) is 24.8 Å². The Morgan fingerprint density at radius 2 is 1.93 bits per heavy atom. The Bertz CT molecular complexity index is 774. The summed E-state index contributed by atoms with van der Waals surface area (Å²) >= 11 is 0. The molecule has 0 aromatic heterocycles. The smallest absolute Gasteiger partial charge is 0.338 e. The van der Waals surface area contributed by atoms with Crippen LogP contribution in [0.3, 0.4) is 0 Å². The van der Waals surface area contributed by atoms with E-state index in [-0.39, 0.29) is 18.1 Å². The number of carbonyl (C=O) groups is 2. The van der Waals surface area contributed by atoms with E-state index >= 15 is 0 Å². The van der Waals surface area contributed by atoms with Gasteiger partial charge in [0.15, 0.2) is 0 Å². The lowest BCUT2D eigenvalue weighted by atomic mass is 9.80. The van der Waals surface area contributed by atoms with Crippen molar-refractivity contribution >= 4 is 12.0 Å². The summed E-state index contributed by atoms with van der Waals surface area (Å²) in [7, 11) is 0. The summed E-state index contributed by atoms with van der Waals surface area (Å²) in [5.74, 6) is 1.45. The van der Waals surface area contributed by atoms with Crippen molar-refractivity contribution in [2.75, 3.05) is 6.61 Å². The first kappa shape index (κ1) is 20.2. The quantitative estimate of drug-likeness (QED) is 0.748. The first-order valence-corrected chi connectivity index (χ1v) is 10.1. The Morgan fingerprint density at radius 1 is 1.18 bits per heavy atom. The molecule has 2 amide bonds. The molecule has 1 heterocycles. The fourth-order valence-corrected chi connectivity index (χ4v) is 4.02. The maximum atomic E-state index is 13.1. The molecule has 0 unspecified atom stereocenters. The Morgan fingerprint density at radius 3 is 2.64 bits per heavy atom. The van der Waals surface area contributed by atoms with Crippen LogP contribution in [0, 0.1) is 11.8 Å². The first-order valence-electron chi connectivity index (χ1n) is 10.1. The normalized spacial score (nSPS) is 27.6. The molecule has 1 aliphatic carbocycles. The average Bonchev–Trinajstić information content (AvgIpc) is 2.64. The summed E-state index contributed by atoms with van der Waals surface area (Å²) in [5, 5.41) is 5.56. The van der Waals surface area contributed by atoms with Crippen molar-refractivity contribution in [1.29, 1.82) is 0 Å². The molecule has 3 rings (SSSR count). The van der Waals surface area contributed by atoms with Gasteiger partial charge < -0.3 is 20.1 Å². The molecule has 2 N–H and O–H groups in total. The van der Waals surface area contributed by atoms with Crippen LogP contribution in [-0.2, 0) is 9.53 Å². The van der Waals surface area contributed by atoms with E-state index in [0.29, 0.717) is 35.5 Å². The van der Waals surface area contributed by atoms with Gasteiger partial charge in [0.2, 0.25) is 0 Å². The van der Waals surface area contributed by atoms with Crippen LogP contribution in [0.1, 0.15) is 58.6 Å². The van der Waals surface area contributed by atoms with Gasteiger partial charge in [-0.3, -0.25) is 0 Å². The third kappa shape index (κ3) is 4.32. The zero-order valence-corrected chi connectivity index (χ0v) is 17.1. The number of esters is 1. The van der Waals surface area contributed by atoms with Crippen molar-refractivity contribution in [1.82, 2.24) is 10.6 Å². The van der Waals surface area contributed by atoms with Gasteiger partial charge in [0, 0.05) is 11.3 Å².